The summed E-state index contributed by atoms with van der Waals surface area (Å²) in [6, 6.07) is 0. The highest BCUT2D eigenvalue weighted by atomic mass is 15.2. The number of anilines is 1. The molecule has 0 aliphatic heterocycles. The predicted octanol–water partition coefficient (Wildman–Crippen LogP) is 1.08. The summed E-state index contributed by atoms with van der Waals surface area (Å²) in [5.41, 5.74) is 1.66. The number of aromatic nitrogens is 4. The maximum atomic E-state index is 4.31. The first kappa shape index (κ1) is 9.64. The molecule has 0 saturated heterocycles. The van der Waals surface area contributed by atoms with Crippen LogP contribution in [0.4, 0.5) is 5.82 Å². The molecule has 0 unspecified atom stereocenters. The first-order valence-electron chi connectivity index (χ1n) is 4.68. The molecule has 15 heavy (non-hydrogen) atoms. The van der Waals surface area contributed by atoms with Crippen LogP contribution in [0.25, 0.3) is 11.2 Å². The van der Waals surface area contributed by atoms with Crippen LogP contribution in [0.1, 0.15) is 0 Å². The number of fused-ring (bicyclic) bond motifs is 1. The van der Waals surface area contributed by atoms with Gasteiger partial charge in [-0.25, -0.2) is 15.0 Å². The molecule has 0 atom stereocenters. The van der Waals surface area contributed by atoms with Crippen LogP contribution in [-0.4, -0.2) is 33.6 Å². The van der Waals surface area contributed by atoms with Gasteiger partial charge in [-0.15, -0.1) is 6.58 Å². The fraction of sp³-hybridized carbons (Fsp3) is 0.300. The molecule has 0 spiro atoms. The molecular weight excluding hydrogens is 190 g/mol. The topological polar surface area (TPSA) is 46.8 Å². The zero-order chi connectivity index (χ0) is 10.8. The first-order valence-corrected chi connectivity index (χ1v) is 4.68. The molecular formula is C10H13N5. The molecule has 2 heterocycles. The summed E-state index contributed by atoms with van der Waals surface area (Å²) >= 11 is 0. The van der Waals surface area contributed by atoms with Crippen LogP contribution in [0.3, 0.4) is 0 Å². The van der Waals surface area contributed by atoms with E-state index in [1.165, 1.54) is 0 Å². The Bertz CT molecular complexity index is 486. The summed E-state index contributed by atoms with van der Waals surface area (Å²) in [6.45, 7) is 4.41. The highest BCUT2D eigenvalue weighted by Crippen LogP contribution is 2.18. The van der Waals surface area contributed by atoms with Crippen molar-refractivity contribution >= 4 is 17.0 Å². The quantitative estimate of drug-likeness (QED) is 0.700. The highest BCUT2D eigenvalue weighted by Gasteiger charge is 2.10. The molecule has 0 aliphatic rings. The van der Waals surface area contributed by atoms with Crippen LogP contribution in [0.15, 0.2) is 25.3 Å². The second-order valence-electron chi connectivity index (χ2n) is 3.45. The van der Waals surface area contributed by atoms with Crippen LogP contribution in [-0.2, 0) is 6.54 Å². The lowest BCUT2D eigenvalue weighted by atomic mass is 10.4. The Hall–Kier alpha value is -1.91. The fourth-order valence-corrected chi connectivity index (χ4v) is 1.47. The van der Waals surface area contributed by atoms with Crippen LogP contribution in [0.2, 0.25) is 0 Å². The van der Waals surface area contributed by atoms with Crippen LogP contribution in [0, 0.1) is 0 Å². The normalized spacial score (nSPS) is 10.5. The van der Waals surface area contributed by atoms with E-state index in [0.717, 1.165) is 17.0 Å². The third-order valence-corrected chi connectivity index (χ3v) is 2.13. The minimum atomic E-state index is 0.709. The lowest BCUT2D eigenvalue weighted by molar-refractivity contribution is 0.838. The van der Waals surface area contributed by atoms with Crippen molar-refractivity contribution in [2.24, 2.45) is 0 Å². The van der Waals surface area contributed by atoms with Crippen molar-refractivity contribution in [3.05, 3.63) is 25.3 Å². The van der Waals surface area contributed by atoms with E-state index in [-0.39, 0.29) is 0 Å². The average Bonchev–Trinajstić information content (AvgIpc) is 2.62. The standard InChI is InChI=1S/C10H13N5/c1-4-5-15-7-13-8-9(14(2)3)11-6-12-10(8)15/h4,6-7H,1,5H2,2-3H3. The van der Waals surface area contributed by atoms with Crippen molar-refractivity contribution in [1.29, 1.82) is 0 Å². The lowest BCUT2D eigenvalue weighted by Crippen LogP contribution is -2.11. The van der Waals surface area contributed by atoms with Gasteiger partial charge in [-0.3, -0.25) is 0 Å². The highest BCUT2D eigenvalue weighted by molar-refractivity contribution is 5.82. The van der Waals surface area contributed by atoms with Gasteiger partial charge >= 0.3 is 0 Å². The molecule has 5 heteroatoms. The van der Waals surface area contributed by atoms with Crippen molar-refractivity contribution in [3.8, 4) is 0 Å². The van der Waals surface area contributed by atoms with E-state index in [9.17, 15) is 0 Å². The Labute approximate surface area is 88.1 Å². The number of hydrogen-bond acceptors (Lipinski definition) is 4. The third-order valence-electron chi connectivity index (χ3n) is 2.13. The monoisotopic (exact) mass is 203 g/mol. The molecule has 0 amide bonds. The second kappa shape index (κ2) is 3.68. The molecule has 0 saturated carbocycles. The molecule has 0 N–H and O–H groups in total. The molecule has 2 rings (SSSR count). The minimum Gasteiger partial charge on any atom is -0.361 e. The second-order valence-corrected chi connectivity index (χ2v) is 3.45. The number of imidazole rings is 1. The van der Waals surface area contributed by atoms with Gasteiger partial charge in [-0.2, -0.15) is 0 Å². The fourth-order valence-electron chi connectivity index (χ4n) is 1.47. The minimum absolute atomic E-state index is 0.709. The zero-order valence-electron chi connectivity index (χ0n) is 8.88. The van der Waals surface area contributed by atoms with E-state index >= 15 is 0 Å². The number of rotatable bonds is 3. The summed E-state index contributed by atoms with van der Waals surface area (Å²) in [7, 11) is 3.88. The van der Waals surface area contributed by atoms with Crippen molar-refractivity contribution < 1.29 is 0 Å². The summed E-state index contributed by atoms with van der Waals surface area (Å²) in [5, 5.41) is 0. The van der Waals surface area contributed by atoms with E-state index in [4.69, 9.17) is 0 Å². The van der Waals surface area contributed by atoms with Gasteiger partial charge in [0.1, 0.15) is 6.33 Å². The predicted molar refractivity (Wildman–Crippen MR) is 59.8 cm³/mol. The van der Waals surface area contributed by atoms with Crippen molar-refractivity contribution in [1.82, 2.24) is 19.5 Å². The van der Waals surface area contributed by atoms with E-state index in [1.807, 2.05) is 29.6 Å². The number of hydrogen-bond donors (Lipinski definition) is 0. The van der Waals surface area contributed by atoms with Crippen LogP contribution < -0.4 is 4.90 Å². The first-order chi connectivity index (χ1) is 7.24. The van der Waals surface area contributed by atoms with Gasteiger partial charge in [-0.05, 0) is 0 Å². The van der Waals surface area contributed by atoms with Gasteiger partial charge < -0.3 is 9.47 Å². The smallest absolute Gasteiger partial charge is 0.165 e. The molecule has 2 aromatic rings. The number of allylic oxidation sites excluding steroid dienone is 1. The Kier molecular flexibility index (Phi) is 2.37. The zero-order valence-corrected chi connectivity index (χ0v) is 8.88. The molecule has 0 aromatic carbocycles. The van der Waals surface area contributed by atoms with Crippen LogP contribution in [0.5, 0.6) is 0 Å². The van der Waals surface area contributed by atoms with Crippen molar-refractivity contribution in [2.75, 3.05) is 19.0 Å². The molecule has 0 radical (unpaired) electrons. The summed E-state index contributed by atoms with van der Waals surface area (Å²) < 4.78 is 1.94. The van der Waals surface area contributed by atoms with Crippen molar-refractivity contribution in [2.45, 2.75) is 6.54 Å². The Morgan fingerprint density at radius 2 is 2.20 bits per heavy atom. The van der Waals surface area contributed by atoms with Gasteiger partial charge in [0, 0.05) is 20.6 Å². The summed E-state index contributed by atoms with van der Waals surface area (Å²) in [6.07, 6.45) is 5.13. The van der Waals surface area contributed by atoms with E-state index in [0.29, 0.717) is 6.54 Å². The average molecular weight is 203 g/mol. The molecule has 2 aromatic heterocycles. The van der Waals surface area contributed by atoms with Gasteiger partial charge in [0.15, 0.2) is 17.0 Å². The van der Waals surface area contributed by atoms with Gasteiger partial charge in [0.2, 0.25) is 0 Å². The maximum absolute atomic E-state index is 4.31. The SMILES string of the molecule is C=CCn1cnc2c(N(C)C)ncnc21. The molecule has 5 nitrogen and oxygen atoms in total. The Morgan fingerprint density at radius 3 is 2.87 bits per heavy atom. The molecule has 0 fully saturated rings. The summed E-state index contributed by atoms with van der Waals surface area (Å²) in [5.74, 6) is 0.836. The lowest BCUT2D eigenvalue weighted by Gasteiger charge is -2.10. The van der Waals surface area contributed by atoms with E-state index in [1.54, 1.807) is 12.7 Å². The summed E-state index contributed by atoms with van der Waals surface area (Å²) in [4.78, 5) is 14.6. The molecule has 78 valence electrons. The largest absolute Gasteiger partial charge is 0.361 e. The number of nitrogens with zero attached hydrogens (tertiary/aromatic N) is 5. The van der Waals surface area contributed by atoms with Crippen molar-refractivity contribution in [3.63, 3.8) is 0 Å². The Morgan fingerprint density at radius 1 is 1.40 bits per heavy atom. The van der Waals surface area contributed by atoms with Gasteiger partial charge in [-0.1, -0.05) is 6.08 Å². The Balaban J connectivity index is 2.63. The van der Waals surface area contributed by atoms with E-state index in [2.05, 4.69) is 21.5 Å². The molecule has 0 aliphatic carbocycles. The molecule has 0 bridgehead atoms. The maximum Gasteiger partial charge on any atom is 0.165 e. The van der Waals surface area contributed by atoms with E-state index < -0.39 is 0 Å². The van der Waals surface area contributed by atoms with Gasteiger partial charge in [0.25, 0.3) is 0 Å². The van der Waals surface area contributed by atoms with Gasteiger partial charge in [0.05, 0.1) is 6.33 Å². The van der Waals surface area contributed by atoms with Crippen LogP contribution >= 0.6 is 0 Å². The third kappa shape index (κ3) is 1.56.